The molecule has 10 heteroatoms. The van der Waals surface area contributed by atoms with Crippen LogP contribution < -0.4 is 20.4 Å². The van der Waals surface area contributed by atoms with Gasteiger partial charge >= 0.3 is 37.1 Å². The van der Waals surface area contributed by atoms with Gasteiger partial charge in [-0.1, -0.05) is 0 Å². The third-order valence-electron chi connectivity index (χ3n) is 0. The van der Waals surface area contributed by atoms with Crippen molar-refractivity contribution in [2.24, 2.45) is 0 Å². The zero-order valence-electron chi connectivity index (χ0n) is 10.2. The van der Waals surface area contributed by atoms with Gasteiger partial charge in [0.15, 0.2) is 0 Å². The van der Waals surface area contributed by atoms with Gasteiger partial charge in [0, 0.05) is 23.9 Å². The Hall–Kier alpha value is -0.951. The molecule has 0 unspecified atom stereocenters. The Morgan fingerprint density at radius 2 is 0.500 bits per heavy atom. The van der Waals surface area contributed by atoms with Gasteiger partial charge in [-0.05, 0) is 27.7 Å². The van der Waals surface area contributed by atoms with E-state index in [1.165, 1.54) is 0 Å². The third kappa shape index (κ3) is 3280. The van der Waals surface area contributed by atoms with E-state index in [4.69, 9.17) is 39.6 Å². The second-order valence-corrected chi connectivity index (χ2v) is 1.97. The largest absolute Gasteiger partial charge is 2.00 e. The summed E-state index contributed by atoms with van der Waals surface area (Å²) in [6, 6.07) is 0. The third-order valence-corrected chi connectivity index (χ3v) is 0. The van der Waals surface area contributed by atoms with E-state index in [9.17, 15) is 0 Å². The summed E-state index contributed by atoms with van der Waals surface area (Å²) < 4.78 is 0. The van der Waals surface area contributed by atoms with Crippen molar-refractivity contribution in [1.82, 2.24) is 0 Å². The zero-order chi connectivity index (χ0) is 14.3. The van der Waals surface area contributed by atoms with Crippen molar-refractivity contribution >= 4 is 23.9 Å². The summed E-state index contributed by atoms with van der Waals surface area (Å²) in [5.74, 6) is -4.33. The summed E-state index contributed by atoms with van der Waals surface area (Å²) in [6.45, 7) is 3.89. The molecule has 0 aliphatic carbocycles. The number of carbonyl (C=O) groups excluding carboxylic acids is 4. The van der Waals surface area contributed by atoms with Crippen LogP contribution in [0.15, 0.2) is 0 Å². The predicted molar refractivity (Wildman–Crippen MR) is 42.7 cm³/mol. The quantitative estimate of drug-likeness (QED) is 0.424. The summed E-state index contributed by atoms with van der Waals surface area (Å²) in [5, 5.41) is 35.6. The van der Waals surface area contributed by atoms with Gasteiger partial charge in [0.1, 0.15) is 0 Å². The Morgan fingerprint density at radius 1 is 0.500 bits per heavy atom. The van der Waals surface area contributed by atoms with Gasteiger partial charge < -0.3 is 39.6 Å². The van der Waals surface area contributed by atoms with Crippen LogP contribution in [0, 0.1) is 0 Å². The van der Waals surface area contributed by atoms with Gasteiger partial charge in [-0.2, -0.15) is 0 Å². The van der Waals surface area contributed by atoms with Gasteiger partial charge in [-0.3, -0.25) is 0 Å². The monoisotopic (exact) mass is 338 g/mol. The first-order chi connectivity index (χ1) is 6.93. The van der Waals surface area contributed by atoms with Crippen LogP contribution in [0.5, 0.6) is 0 Å². The van der Waals surface area contributed by atoms with Gasteiger partial charge in [-0.25, -0.2) is 0 Å². The van der Waals surface area contributed by atoms with E-state index in [-0.39, 0.29) is 37.1 Å². The van der Waals surface area contributed by atoms with Crippen molar-refractivity contribution in [1.29, 1.82) is 0 Å². The molecule has 0 saturated carbocycles. The summed E-state index contributed by atoms with van der Waals surface area (Å²) >= 11 is 0. The van der Waals surface area contributed by atoms with Crippen molar-refractivity contribution < 1.29 is 76.7 Å². The van der Waals surface area contributed by atoms with Gasteiger partial charge in [0.25, 0.3) is 0 Å². The molecule has 8 nitrogen and oxygen atoms in total. The Labute approximate surface area is 128 Å². The number of aliphatic carboxylic acids is 4. The first-order valence-corrected chi connectivity index (χ1v) is 3.63. The number of carboxylic acids is 4. The maximum atomic E-state index is 8.89. The predicted octanol–water partition coefficient (Wildman–Crippen LogP) is -4.98. The molecule has 0 aliphatic heterocycles. The molecule has 2 radical (unpaired) electrons. The van der Waals surface area contributed by atoms with Gasteiger partial charge in [0.05, 0.1) is 0 Å². The molecule has 0 bridgehead atoms. The number of rotatable bonds is 0. The minimum atomic E-state index is -1.08. The van der Waals surface area contributed by atoms with Crippen molar-refractivity contribution in [3.8, 4) is 0 Å². The fraction of sp³-hybridized carbons (Fsp3) is 0.500. The number of carboxylic acid groups (broad SMARTS) is 4. The molecule has 0 fully saturated rings. The summed E-state index contributed by atoms with van der Waals surface area (Å²) in [6.07, 6.45) is 0. The molecule has 0 rings (SSSR count). The van der Waals surface area contributed by atoms with Crippen LogP contribution in [-0.2, 0) is 56.3 Å². The molecule has 0 N–H and O–H groups in total. The van der Waals surface area contributed by atoms with E-state index in [1.54, 1.807) is 0 Å². The van der Waals surface area contributed by atoms with Crippen molar-refractivity contribution in [3.63, 3.8) is 0 Å². The SMILES string of the molecule is CC(=O)[O-].CC(=O)[O-].CC(=O)[O-].CC(=O)[O-].[V+2].[V+2]. The Morgan fingerprint density at radius 3 is 0.500 bits per heavy atom. The second-order valence-electron chi connectivity index (χ2n) is 1.97. The molecule has 0 aromatic heterocycles. The molecule has 0 aliphatic rings. The van der Waals surface area contributed by atoms with Crippen LogP contribution in [0.4, 0.5) is 0 Å². The average molecular weight is 338 g/mol. The van der Waals surface area contributed by atoms with Crippen LogP contribution in [0.1, 0.15) is 27.7 Å². The number of hydrogen-bond acceptors (Lipinski definition) is 8. The molecule has 102 valence electrons. The van der Waals surface area contributed by atoms with Crippen molar-refractivity contribution in [2.45, 2.75) is 27.7 Å². The Kier molecular flexibility index (Phi) is 59.5. The van der Waals surface area contributed by atoms with E-state index in [1.807, 2.05) is 0 Å². The molecule has 0 aromatic rings. The van der Waals surface area contributed by atoms with Gasteiger partial charge in [0.2, 0.25) is 0 Å². The molecule has 0 atom stereocenters. The van der Waals surface area contributed by atoms with E-state index in [0.29, 0.717) is 0 Å². The van der Waals surface area contributed by atoms with Crippen LogP contribution in [-0.4, -0.2) is 23.9 Å². The van der Waals surface area contributed by atoms with Gasteiger partial charge in [-0.15, -0.1) is 0 Å². The van der Waals surface area contributed by atoms with Crippen molar-refractivity contribution in [2.75, 3.05) is 0 Å². The van der Waals surface area contributed by atoms with Crippen LogP contribution in [0.25, 0.3) is 0 Å². The van der Waals surface area contributed by atoms with E-state index in [0.717, 1.165) is 27.7 Å². The van der Waals surface area contributed by atoms with E-state index >= 15 is 0 Å². The first-order valence-electron chi connectivity index (χ1n) is 3.63. The van der Waals surface area contributed by atoms with Crippen LogP contribution >= 0.6 is 0 Å². The summed E-state index contributed by atoms with van der Waals surface area (Å²) in [7, 11) is 0. The van der Waals surface area contributed by atoms with Crippen LogP contribution in [0.3, 0.4) is 0 Å². The summed E-state index contributed by atoms with van der Waals surface area (Å²) in [4.78, 5) is 35.6. The molecule has 0 saturated heterocycles. The molecule has 0 amide bonds. The number of hydrogen-bond donors (Lipinski definition) is 0. The fourth-order valence-corrected chi connectivity index (χ4v) is 0. The fourth-order valence-electron chi connectivity index (χ4n) is 0. The molecule has 0 spiro atoms. The average Bonchev–Trinajstić information content (AvgIpc) is 1.76. The molecular formula is C8H12O8V2. The first kappa shape index (κ1) is 36.0. The molecule has 18 heavy (non-hydrogen) atoms. The standard InChI is InChI=1S/4C2H4O2.2V/c4*1-2(3)4;;/h4*1H3,(H,3,4);;/q;;;;2*+2/p-4. The second kappa shape index (κ2) is 29.8. The minimum absolute atomic E-state index is 0. The molecule has 0 aromatic carbocycles. The smallest absolute Gasteiger partial charge is 0.550 e. The maximum Gasteiger partial charge on any atom is 2.00 e. The number of carbonyl (C=O) groups is 4. The Bertz CT molecular complexity index is 165. The van der Waals surface area contributed by atoms with Crippen molar-refractivity contribution in [3.05, 3.63) is 0 Å². The molecule has 0 heterocycles. The van der Waals surface area contributed by atoms with E-state index < -0.39 is 23.9 Å². The normalized spacial score (nSPS) is 5.56. The maximum absolute atomic E-state index is 8.89. The van der Waals surface area contributed by atoms with E-state index in [2.05, 4.69) is 0 Å². The topological polar surface area (TPSA) is 161 Å². The molecular weight excluding hydrogens is 326 g/mol. The Balaban J connectivity index is -0.0000000257. The minimum Gasteiger partial charge on any atom is -0.550 e. The summed E-state index contributed by atoms with van der Waals surface area (Å²) in [5.41, 5.74) is 0. The van der Waals surface area contributed by atoms with Crippen LogP contribution in [0.2, 0.25) is 0 Å². The zero-order valence-corrected chi connectivity index (χ0v) is 13.0.